The Balaban J connectivity index is 2.12. The molecule has 1 aliphatic heterocycles. The molecule has 0 radical (unpaired) electrons. The van der Waals surface area contributed by atoms with Gasteiger partial charge in [0.2, 0.25) is 0 Å². The molecule has 1 aromatic carbocycles. The fraction of sp³-hybridized carbons (Fsp3) is 0.533. The molecule has 5 atom stereocenters. The third kappa shape index (κ3) is 6.69. The van der Waals surface area contributed by atoms with Crippen LogP contribution in [0.1, 0.15) is 12.0 Å². The lowest BCUT2D eigenvalue weighted by molar-refractivity contribution is -0.205. The Morgan fingerprint density at radius 2 is 1.81 bits per heavy atom. The van der Waals surface area contributed by atoms with Gasteiger partial charge in [-0.2, -0.15) is 8.42 Å². The van der Waals surface area contributed by atoms with Gasteiger partial charge in [-0.3, -0.25) is 4.55 Å². The first-order valence-electron chi connectivity index (χ1n) is 7.95. The second-order valence-electron chi connectivity index (χ2n) is 5.79. The molecule has 12 heteroatoms. The van der Waals surface area contributed by atoms with Crippen molar-refractivity contribution < 1.29 is 42.4 Å². The van der Waals surface area contributed by atoms with Crippen LogP contribution in [0.25, 0.3) is 0 Å². The largest absolute Gasteiger partial charge is 0.466 e. The van der Waals surface area contributed by atoms with Crippen LogP contribution in [0.4, 0.5) is 0 Å². The quantitative estimate of drug-likeness (QED) is 0.163. The fourth-order valence-corrected chi connectivity index (χ4v) is 3.71. The first-order chi connectivity index (χ1) is 12.7. The zero-order chi connectivity index (χ0) is 20.0. The number of ether oxygens (including phenoxy) is 1. The van der Waals surface area contributed by atoms with Crippen LogP contribution in [0, 0.1) is 0 Å². The van der Waals surface area contributed by atoms with E-state index in [0.29, 0.717) is 6.42 Å². The van der Waals surface area contributed by atoms with E-state index in [1.807, 2.05) is 30.3 Å². The van der Waals surface area contributed by atoms with Gasteiger partial charge < -0.3 is 25.2 Å². The normalized spacial score (nSPS) is 29.5. The summed E-state index contributed by atoms with van der Waals surface area (Å²) in [7, 11) is -4.82. The molecule has 2 rings (SSSR count). The molecule has 1 heterocycles. The minimum Gasteiger partial charge on any atom is -0.394 e. The number of aryl methyl sites for hydroxylation is 1. The van der Waals surface area contributed by atoms with E-state index in [4.69, 9.17) is 9.29 Å². The van der Waals surface area contributed by atoms with Gasteiger partial charge in [0, 0.05) is 6.42 Å². The van der Waals surface area contributed by atoms with Crippen LogP contribution in [0.15, 0.2) is 35.5 Å². The van der Waals surface area contributed by atoms with E-state index < -0.39 is 46.9 Å². The van der Waals surface area contributed by atoms with E-state index in [-0.39, 0.29) is 11.5 Å². The number of oxime groups is 1. The van der Waals surface area contributed by atoms with Crippen LogP contribution in [-0.4, -0.2) is 74.9 Å². The van der Waals surface area contributed by atoms with Gasteiger partial charge in [-0.05, 0) is 12.0 Å². The highest BCUT2D eigenvalue weighted by molar-refractivity contribution is 8.14. The van der Waals surface area contributed by atoms with Crippen LogP contribution in [0.2, 0.25) is 0 Å². The third-order valence-corrected chi connectivity index (χ3v) is 5.24. The molecule has 152 valence electrons. The van der Waals surface area contributed by atoms with Crippen LogP contribution in [0.5, 0.6) is 0 Å². The molecule has 10 nitrogen and oxygen atoms in total. The molecule has 0 spiro atoms. The lowest BCUT2D eigenvalue weighted by Crippen LogP contribution is -2.57. The zero-order valence-corrected chi connectivity index (χ0v) is 15.7. The van der Waals surface area contributed by atoms with Crippen LogP contribution in [0.3, 0.4) is 0 Å². The highest BCUT2D eigenvalue weighted by atomic mass is 32.3. The van der Waals surface area contributed by atoms with Crippen LogP contribution in [-0.2, 0) is 25.8 Å². The van der Waals surface area contributed by atoms with Crippen molar-refractivity contribution in [3.05, 3.63) is 35.9 Å². The maximum absolute atomic E-state index is 10.8. The second kappa shape index (κ2) is 9.80. The number of aliphatic hydroxyl groups excluding tert-OH is 4. The zero-order valence-electron chi connectivity index (χ0n) is 14.0. The van der Waals surface area contributed by atoms with Gasteiger partial charge in [0.05, 0.1) is 6.61 Å². The molecule has 0 bridgehead atoms. The highest BCUT2D eigenvalue weighted by Crippen LogP contribution is 2.30. The number of benzene rings is 1. The number of aliphatic hydroxyl groups is 4. The van der Waals surface area contributed by atoms with Gasteiger partial charge in [0.15, 0.2) is 0 Å². The Hall–Kier alpha value is -1.25. The molecule has 0 aromatic heterocycles. The smallest absolute Gasteiger partial charge is 0.394 e. The maximum Gasteiger partial charge on any atom is 0.466 e. The van der Waals surface area contributed by atoms with Crippen molar-refractivity contribution in [2.24, 2.45) is 5.16 Å². The molecule has 1 aliphatic rings. The van der Waals surface area contributed by atoms with Crippen molar-refractivity contribution in [1.82, 2.24) is 0 Å². The monoisotopic (exact) mass is 423 g/mol. The van der Waals surface area contributed by atoms with Gasteiger partial charge in [-0.25, -0.2) is 4.28 Å². The molecule has 27 heavy (non-hydrogen) atoms. The number of rotatable bonds is 7. The van der Waals surface area contributed by atoms with Crippen molar-refractivity contribution in [1.29, 1.82) is 0 Å². The summed E-state index contributed by atoms with van der Waals surface area (Å²) in [4.78, 5) is 0. The Kier molecular flexibility index (Phi) is 8.00. The SMILES string of the molecule is O=S(=O)(O)O/N=C(\CCc1ccccc1)S[C@@H]1O[C@@H](CO)[C@@H](O)[C@H](O)[C@H]1O. The van der Waals surface area contributed by atoms with Crippen LogP contribution < -0.4 is 0 Å². The number of nitrogens with zero attached hydrogens (tertiary/aromatic N) is 1. The summed E-state index contributed by atoms with van der Waals surface area (Å²) in [6.45, 7) is -0.597. The number of thioether (sulfide) groups is 1. The van der Waals surface area contributed by atoms with E-state index in [2.05, 4.69) is 9.44 Å². The summed E-state index contributed by atoms with van der Waals surface area (Å²) in [6, 6.07) is 9.18. The lowest BCUT2D eigenvalue weighted by Gasteiger charge is -2.39. The predicted molar refractivity (Wildman–Crippen MR) is 96.2 cm³/mol. The molecular weight excluding hydrogens is 402 g/mol. The van der Waals surface area contributed by atoms with Crippen molar-refractivity contribution >= 4 is 27.2 Å². The summed E-state index contributed by atoms with van der Waals surface area (Å²) in [5, 5.41) is 42.4. The van der Waals surface area contributed by atoms with E-state index in [0.717, 1.165) is 17.3 Å². The third-order valence-electron chi connectivity index (χ3n) is 3.80. The number of hydrogen-bond acceptors (Lipinski definition) is 10. The minimum atomic E-state index is -4.82. The summed E-state index contributed by atoms with van der Waals surface area (Å²) in [5.41, 5.74) is -0.230. The molecule has 0 amide bonds. The van der Waals surface area contributed by atoms with Crippen molar-refractivity contribution in [3.8, 4) is 0 Å². The Bertz CT molecular complexity index is 726. The summed E-state index contributed by atoms with van der Waals surface area (Å²) >= 11 is 0.754. The molecule has 1 saturated heterocycles. The van der Waals surface area contributed by atoms with Crippen molar-refractivity contribution in [2.45, 2.75) is 42.7 Å². The predicted octanol–water partition coefficient (Wildman–Crippen LogP) is -0.715. The van der Waals surface area contributed by atoms with E-state index in [1.165, 1.54) is 0 Å². The average molecular weight is 423 g/mol. The molecule has 0 aliphatic carbocycles. The summed E-state index contributed by atoms with van der Waals surface area (Å²) in [6.07, 6.45) is -5.11. The van der Waals surface area contributed by atoms with Gasteiger partial charge in [-0.15, -0.1) is 0 Å². The number of hydrogen-bond donors (Lipinski definition) is 5. The topological polar surface area (TPSA) is 166 Å². The van der Waals surface area contributed by atoms with E-state index in [1.54, 1.807) is 0 Å². The van der Waals surface area contributed by atoms with Gasteiger partial charge in [0.1, 0.15) is 34.9 Å². The first-order valence-corrected chi connectivity index (χ1v) is 10.2. The fourth-order valence-electron chi connectivity index (χ4n) is 2.41. The van der Waals surface area contributed by atoms with Gasteiger partial charge in [-0.1, -0.05) is 47.2 Å². The second-order valence-corrected chi connectivity index (χ2v) is 7.96. The molecule has 5 N–H and O–H groups in total. The van der Waals surface area contributed by atoms with E-state index >= 15 is 0 Å². The summed E-state index contributed by atoms with van der Waals surface area (Å²) in [5.74, 6) is 0. The molecular formula is C15H21NO9S2. The van der Waals surface area contributed by atoms with Crippen molar-refractivity contribution in [2.75, 3.05) is 6.61 Å². The van der Waals surface area contributed by atoms with Crippen molar-refractivity contribution in [3.63, 3.8) is 0 Å². The average Bonchev–Trinajstić information content (AvgIpc) is 2.64. The Morgan fingerprint density at radius 3 is 2.41 bits per heavy atom. The van der Waals surface area contributed by atoms with Gasteiger partial charge in [0.25, 0.3) is 0 Å². The Labute approximate surface area is 160 Å². The summed E-state index contributed by atoms with van der Waals surface area (Å²) < 4.78 is 39.7. The lowest BCUT2D eigenvalue weighted by atomic mass is 10.0. The van der Waals surface area contributed by atoms with Crippen LogP contribution >= 0.6 is 11.8 Å². The first kappa shape index (κ1) is 22.0. The highest BCUT2D eigenvalue weighted by Gasteiger charge is 2.44. The Morgan fingerprint density at radius 1 is 1.15 bits per heavy atom. The molecule has 1 aromatic rings. The van der Waals surface area contributed by atoms with E-state index in [9.17, 15) is 28.8 Å². The molecule has 0 saturated carbocycles. The minimum absolute atomic E-state index is 0.0563. The standard InChI is InChI=1S/C15H21NO9S2/c17-8-10-12(18)13(19)14(20)15(24-10)26-11(16-25-27(21,22)23)7-6-9-4-2-1-3-5-9/h1-5,10,12-15,17-20H,6-8H2,(H,21,22,23)/b16-11+/t10-,12+,13-,14+,15-/m0/s1. The molecule has 0 unspecified atom stereocenters. The van der Waals surface area contributed by atoms with Gasteiger partial charge >= 0.3 is 10.4 Å². The maximum atomic E-state index is 10.8. The molecule has 1 fully saturated rings.